The maximum Gasteiger partial charge on any atom is 0.459 e. The Morgan fingerprint density at radius 2 is 1.80 bits per heavy atom. The number of rotatable bonds is 10. The largest absolute Gasteiger partial charge is 0.461 e. The fourth-order valence-corrected chi connectivity index (χ4v) is 7.06. The molecule has 0 amide bonds. The van der Waals surface area contributed by atoms with Crippen molar-refractivity contribution in [3.8, 4) is 5.75 Å². The van der Waals surface area contributed by atoms with Crippen molar-refractivity contribution in [1.82, 2.24) is 14.6 Å². The second kappa shape index (κ2) is 12.7. The number of benzene rings is 3. The lowest BCUT2D eigenvalue weighted by atomic mass is 10.1. The minimum atomic E-state index is -4.37. The molecule has 14 heteroatoms. The number of ether oxygens (including phenoxy) is 2. The van der Waals surface area contributed by atoms with Crippen LogP contribution in [0.2, 0.25) is 0 Å². The highest BCUT2D eigenvalue weighted by molar-refractivity contribution is 7.52. The molecular weight excluding hydrogens is 608 g/mol. The molecule has 3 N–H and O–H groups in total. The number of aromatic nitrogens is 2. The fraction of sp³-hybridized carbons (Fsp3) is 0.323. The van der Waals surface area contributed by atoms with E-state index in [0.29, 0.717) is 24.4 Å². The van der Waals surface area contributed by atoms with E-state index in [1.807, 2.05) is 47.4 Å². The maximum absolute atomic E-state index is 14.3. The second-order valence-corrected chi connectivity index (χ2v) is 12.7. The molecule has 1 fully saturated rings. The highest BCUT2D eigenvalue weighted by Crippen LogP contribution is 2.47. The zero-order valence-corrected chi connectivity index (χ0v) is 25.0. The zero-order chi connectivity index (χ0) is 31.7. The number of fused-ring (bicyclic) bond motifs is 2. The number of hydrogen-bond donors (Lipinski definition) is 3. The van der Waals surface area contributed by atoms with Crippen molar-refractivity contribution in [2.24, 2.45) is 0 Å². The Labute approximate surface area is 256 Å². The lowest BCUT2D eigenvalue weighted by Gasteiger charge is -2.25. The van der Waals surface area contributed by atoms with E-state index in [9.17, 15) is 28.4 Å². The van der Waals surface area contributed by atoms with Crippen LogP contribution in [0.3, 0.4) is 0 Å². The van der Waals surface area contributed by atoms with Crippen molar-refractivity contribution in [3.63, 3.8) is 0 Å². The molecule has 1 aromatic heterocycles. The Morgan fingerprint density at radius 1 is 1.11 bits per heavy atom. The Hall–Kier alpha value is -4.13. The van der Waals surface area contributed by atoms with Gasteiger partial charge in [0.1, 0.15) is 30.2 Å². The van der Waals surface area contributed by atoms with Gasteiger partial charge < -0.3 is 19.1 Å². The number of aromatic amines is 1. The van der Waals surface area contributed by atoms with Crippen LogP contribution in [0.25, 0.3) is 10.8 Å². The summed E-state index contributed by atoms with van der Waals surface area (Å²) in [6, 6.07) is 19.1. The minimum absolute atomic E-state index is 0.145. The average Bonchev–Trinajstić information content (AvgIpc) is 3.60. The van der Waals surface area contributed by atoms with Gasteiger partial charge in [0.05, 0.1) is 18.9 Å². The molecule has 0 saturated carbocycles. The lowest BCUT2D eigenvalue weighted by Crippen LogP contribution is -2.38. The van der Waals surface area contributed by atoms with Crippen LogP contribution in [-0.2, 0) is 36.2 Å². The van der Waals surface area contributed by atoms with Crippen molar-refractivity contribution < 1.29 is 37.4 Å². The standard InChI is InChI=1S/C31H31FN3O9P/c1-18(30(38)42-22-13-20-8-2-3-9-21(20)14-22)34-45(40,44-26-12-6-10-19-7-4-5-11-23(19)26)41-17-27-25(36)15-28(43-27)35-16-24(32)29(37)33-31(35)39/h2-12,16,18,22,25,27-28,36H,13-15,17H2,1H3,(H,34,40)(H,33,37,39)/t18-,25+,27+,28+,45?/m0/s1. The maximum atomic E-state index is 14.3. The van der Waals surface area contributed by atoms with Crippen molar-refractivity contribution in [3.05, 3.63) is 111 Å². The number of H-pyrrole nitrogens is 1. The third-order valence-corrected chi connectivity index (χ3v) is 9.45. The number of nitrogens with one attached hydrogen (secondary N) is 2. The van der Waals surface area contributed by atoms with Gasteiger partial charge in [-0.3, -0.25) is 23.7 Å². The van der Waals surface area contributed by atoms with Crippen molar-refractivity contribution in [2.75, 3.05) is 6.61 Å². The van der Waals surface area contributed by atoms with Gasteiger partial charge in [-0.1, -0.05) is 60.7 Å². The van der Waals surface area contributed by atoms with Crippen LogP contribution in [0.4, 0.5) is 4.39 Å². The number of carbonyl (C=O) groups excluding carboxylic acids is 1. The van der Waals surface area contributed by atoms with Gasteiger partial charge in [0.25, 0.3) is 5.56 Å². The van der Waals surface area contributed by atoms with Gasteiger partial charge in [-0.05, 0) is 29.5 Å². The highest BCUT2D eigenvalue weighted by atomic mass is 31.2. The predicted molar refractivity (Wildman–Crippen MR) is 160 cm³/mol. The van der Waals surface area contributed by atoms with Gasteiger partial charge in [0, 0.05) is 24.6 Å². The van der Waals surface area contributed by atoms with Crippen LogP contribution in [0.5, 0.6) is 5.75 Å². The first kappa shape index (κ1) is 30.9. The average molecular weight is 640 g/mol. The van der Waals surface area contributed by atoms with E-state index in [2.05, 4.69) is 5.09 Å². The van der Waals surface area contributed by atoms with Crippen LogP contribution in [0, 0.1) is 5.82 Å². The van der Waals surface area contributed by atoms with Gasteiger partial charge in [-0.25, -0.2) is 9.36 Å². The number of carbonyl (C=O) groups is 1. The number of halogens is 1. The summed E-state index contributed by atoms with van der Waals surface area (Å²) in [6.07, 6.45) is -2.17. The summed E-state index contributed by atoms with van der Waals surface area (Å²) in [5.74, 6) is -1.64. The third kappa shape index (κ3) is 6.77. The molecule has 45 heavy (non-hydrogen) atoms. The third-order valence-electron chi connectivity index (χ3n) is 7.82. The molecule has 2 heterocycles. The fourth-order valence-electron chi connectivity index (χ4n) is 5.53. The predicted octanol–water partition coefficient (Wildman–Crippen LogP) is 3.37. The summed E-state index contributed by atoms with van der Waals surface area (Å²) < 4.78 is 52.1. The number of nitrogens with zero attached hydrogens (tertiary/aromatic N) is 1. The molecule has 0 radical (unpaired) electrons. The normalized spacial score (nSPS) is 21.7. The second-order valence-electron chi connectivity index (χ2n) is 11.0. The van der Waals surface area contributed by atoms with Crippen molar-refractivity contribution in [2.45, 2.75) is 56.8 Å². The lowest BCUT2D eigenvalue weighted by molar-refractivity contribution is -0.150. The topological polar surface area (TPSA) is 158 Å². The first-order valence-electron chi connectivity index (χ1n) is 14.4. The molecule has 0 bridgehead atoms. The van der Waals surface area contributed by atoms with Gasteiger partial charge in [-0.15, -0.1) is 0 Å². The van der Waals surface area contributed by atoms with Gasteiger partial charge in [0.2, 0.25) is 5.82 Å². The summed E-state index contributed by atoms with van der Waals surface area (Å²) in [6.45, 7) is 0.980. The van der Waals surface area contributed by atoms with E-state index < -0.39 is 61.9 Å². The van der Waals surface area contributed by atoms with Gasteiger partial charge in [-0.2, -0.15) is 9.48 Å². The first-order valence-corrected chi connectivity index (χ1v) is 15.9. The van der Waals surface area contributed by atoms with E-state index in [1.54, 1.807) is 24.3 Å². The monoisotopic (exact) mass is 639 g/mol. The molecular formula is C31H31FN3O9P. The number of aliphatic hydroxyl groups is 1. The van der Waals surface area contributed by atoms with Crippen LogP contribution in [0.1, 0.15) is 30.7 Å². The van der Waals surface area contributed by atoms with Crippen LogP contribution in [-0.4, -0.2) is 51.6 Å². The number of hydrogen-bond acceptors (Lipinski definition) is 9. The Balaban J connectivity index is 1.18. The minimum Gasteiger partial charge on any atom is -0.461 e. The van der Waals surface area contributed by atoms with Gasteiger partial charge in [0.15, 0.2) is 0 Å². The van der Waals surface area contributed by atoms with E-state index in [4.69, 9.17) is 18.5 Å². The number of aliphatic hydroxyl groups excluding tert-OH is 1. The molecule has 12 nitrogen and oxygen atoms in total. The molecule has 2 aliphatic rings. The summed E-state index contributed by atoms with van der Waals surface area (Å²) in [5.41, 5.74) is 0.0934. The van der Waals surface area contributed by atoms with E-state index in [-0.39, 0.29) is 18.3 Å². The van der Waals surface area contributed by atoms with Crippen molar-refractivity contribution >= 4 is 24.5 Å². The Kier molecular flexibility index (Phi) is 8.71. The molecule has 3 aromatic carbocycles. The van der Waals surface area contributed by atoms with E-state index >= 15 is 0 Å². The quantitative estimate of drug-likeness (QED) is 0.174. The summed E-state index contributed by atoms with van der Waals surface area (Å²) >= 11 is 0. The SMILES string of the molecule is C[C@H](NP(=O)(OC[C@H]1O[C@@H](n2cc(F)c(=O)[nH]c2=O)C[C@H]1O)Oc1cccc2ccccc12)C(=O)OC1Cc2ccccc2C1. The zero-order valence-electron chi connectivity index (χ0n) is 24.1. The molecule has 236 valence electrons. The molecule has 1 saturated heterocycles. The molecule has 5 atom stereocenters. The summed E-state index contributed by atoms with van der Waals surface area (Å²) in [4.78, 5) is 38.6. The van der Waals surface area contributed by atoms with E-state index in [1.165, 1.54) is 6.92 Å². The van der Waals surface area contributed by atoms with Crippen LogP contribution < -0.4 is 20.9 Å². The van der Waals surface area contributed by atoms with Crippen molar-refractivity contribution in [1.29, 1.82) is 0 Å². The van der Waals surface area contributed by atoms with Gasteiger partial charge >= 0.3 is 19.4 Å². The summed E-state index contributed by atoms with van der Waals surface area (Å²) in [7, 11) is -4.37. The molecule has 1 aliphatic heterocycles. The number of esters is 1. The molecule has 0 spiro atoms. The molecule has 6 rings (SSSR count). The smallest absolute Gasteiger partial charge is 0.459 e. The molecule has 1 aliphatic carbocycles. The molecule has 4 aromatic rings. The molecule has 1 unspecified atom stereocenters. The van der Waals surface area contributed by atoms with Crippen LogP contribution >= 0.6 is 7.75 Å². The first-order chi connectivity index (χ1) is 21.6. The Morgan fingerprint density at radius 3 is 2.56 bits per heavy atom. The Bertz CT molecular complexity index is 1870. The van der Waals surface area contributed by atoms with Crippen LogP contribution in [0.15, 0.2) is 82.5 Å². The summed E-state index contributed by atoms with van der Waals surface area (Å²) in [5, 5.41) is 14.8. The van der Waals surface area contributed by atoms with E-state index in [0.717, 1.165) is 21.1 Å². The highest BCUT2D eigenvalue weighted by Gasteiger charge is 2.40.